The SMILES string of the molecule is NCCCOc1ccc(C(=O)N2CCN3C(=O)OCC3C2)cc1. The van der Waals surface area contributed by atoms with Crippen LogP contribution in [0.2, 0.25) is 0 Å². The summed E-state index contributed by atoms with van der Waals surface area (Å²) in [6.07, 6.45) is 0.522. The summed E-state index contributed by atoms with van der Waals surface area (Å²) in [7, 11) is 0. The Morgan fingerprint density at radius 1 is 1.30 bits per heavy atom. The Balaban J connectivity index is 1.59. The van der Waals surface area contributed by atoms with Gasteiger partial charge in [-0.25, -0.2) is 4.79 Å². The lowest BCUT2D eigenvalue weighted by molar-refractivity contribution is 0.0617. The number of benzene rings is 1. The van der Waals surface area contributed by atoms with Gasteiger partial charge in [-0.1, -0.05) is 0 Å². The molecule has 124 valence electrons. The number of nitrogens with zero attached hydrogens (tertiary/aromatic N) is 2. The molecule has 2 heterocycles. The fourth-order valence-electron chi connectivity index (χ4n) is 2.82. The molecule has 1 aromatic rings. The van der Waals surface area contributed by atoms with Crippen LogP contribution >= 0.6 is 0 Å². The van der Waals surface area contributed by atoms with E-state index in [9.17, 15) is 9.59 Å². The van der Waals surface area contributed by atoms with Crippen LogP contribution in [0.3, 0.4) is 0 Å². The van der Waals surface area contributed by atoms with E-state index < -0.39 is 0 Å². The minimum Gasteiger partial charge on any atom is -0.494 e. The molecule has 0 aromatic heterocycles. The molecule has 2 amide bonds. The van der Waals surface area contributed by atoms with Crippen molar-refractivity contribution in [1.29, 1.82) is 0 Å². The molecule has 2 aliphatic heterocycles. The minimum absolute atomic E-state index is 0.0286. The zero-order chi connectivity index (χ0) is 16.2. The fraction of sp³-hybridized carbons (Fsp3) is 0.500. The van der Waals surface area contributed by atoms with Gasteiger partial charge < -0.3 is 20.1 Å². The van der Waals surface area contributed by atoms with Crippen LogP contribution in [0.4, 0.5) is 4.79 Å². The summed E-state index contributed by atoms with van der Waals surface area (Å²) in [4.78, 5) is 27.5. The van der Waals surface area contributed by atoms with E-state index in [0.29, 0.717) is 45.0 Å². The van der Waals surface area contributed by atoms with E-state index in [1.54, 1.807) is 34.1 Å². The van der Waals surface area contributed by atoms with E-state index >= 15 is 0 Å². The second-order valence-electron chi connectivity index (χ2n) is 5.69. The van der Waals surface area contributed by atoms with Gasteiger partial charge in [-0.05, 0) is 37.2 Å². The standard InChI is InChI=1S/C16H21N3O4/c17-6-1-9-22-14-4-2-12(3-5-14)15(20)18-7-8-19-13(10-18)11-23-16(19)21/h2-5,13H,1,6-11,17H2. The van der Waals surface area contributed by atoms with Crippen molar-refractivity contribution in [3.63, 3.8) is 0 Å². The van der Waals surface area contributed by atoms with Gasteiger partial charge in [0, 0.05) is 25.2 Å². The Bertz CT molecular complexity index is 575. The molecule has 2 N–H and O–H groups in total. The van der Waals surface area contributed by atoms with Crippen LogP contribution in [0.25, 0.3) is 0 Å². The zero-order valence-electron chi connectivity index (χ0n) is 12.9. The van der Waals surface area contributed by atoms with Crippen LogP contribution in [0.1, 0.15) is 16.8 Å². The van der Waals surface area contributed by atoms with Crippen molar-refractivity contribution >= 4 is 12.0 Å². The number of hydrogen-bond donors (Lipinski definition) is 1. The highest BCUT2D eigenvalue weighted by molar-refractivity contribution is 5.94. The van der Waals surface area contributed by atoms with Gasteiger partial charge in [-0.3, -0.25) is 9.69 Å². The van der Waals surface area contributed by atoms with Crippen molar-refractivity contribution in [3.8, 4) is 5.75 Å². The third kappa shape index (κ3) is 3.39. The number of fused-ring (bicyclic) bond motifs is 1. The van der Waals surface area contributed by atoms with E-state index in [1.807, 2.05) is 0 Å². The number of carbonyl (C=O) groups is 2. The molecule has 7 nitrogen and oxygen atoms in total. The van der Waals surface area contributed by atoms with Crippen molar-refractivity contribution in [2.45, 2.75) is 12.5 Å². The minimum atomic E-state index is -0.277. The number of hydrogen-bond acceptors (Lipinski definition) is 5. The molecule has 0 saturated carbocycles. The maximum absolute atomic E-state index is 12.6. The normalized spacial score (nSPS) is 20.2. The van der Waals surface area contributed by atoms with Gasteiger partial charge in [-0.2, -0.15) is 0 Å². The lowest BCUT2D eigenvalue weighted by Crippen LogP contribution is -2.53. The predicted octanol–water partition coefficient (Wildman–Crippen LogP) is 0.691. The lowest BCUT2D eigenvalue weighted by Gasteiger charge is -2.35. The zero-order valence-corrected chi connectivity index (χ0v) is 12.9. The van der Waals surface area contributed by atoms with Crippen molar-refractivity contribution in [2.24, 2.45) is 5.73 Å². The van der Waals surface area contributed by atoms with Gasteiger partial charge in [0.2, 0.25) is 0 Å². The smallest absolute Gasteiger partial charge is 0.410 e. The molecule has 7 heteroatoms. The number of ether oxygens (including phenoxy) is 2. The summed E-state index contributed by atoms with van der Waals surface area (Å²) in [6, 6.07) is 7.09. The summed E-state index contributed by atoms with van der Waals surface area (Å²) in [5, 5.41) is 0. The average molecular weight is 319 g/mol. The monoisotopic (exact) mass is 319 g/mol. The van der Waals surface area contributed by atoms with Crippen LogP contribution < -0.4 is 10.5 Å². The summed E-state index contributed by atoms with van der Waals surface area (Å²) >= 11 is 0. The summed E-state index contributed by atoms with van der Waals surface area (Å²) in [6.45, 7) is 3.09. The van der Waals surface area contributed by atoms with E-state index in [-0.39, 0.29) is 18.0 Å². The topological polar surface area (TPSA) is 85.1 Å². The number of carbonyl (C=O) groups excluding carboxylic acids is 2. The van der Waals surface area contributed by atoms with Gasteiger partial charge in [0.05, 0.1) is 12.6 Å². The molecule has 0 aliphatic carbocycles. The molecule has 2 saturated heterocycles. The van der Waals surface area contributed by atoms with Crippen molar-refractivity contribution in [2.75, 3.05) is 39.4 Å². The predicted molar refractivity (Wildman–Crippen MR) is 83.4 cm³/mol. The number of amides is 2. The molecule has 0 radical (unpaired) electrons. The van der Waals surface area contributed by atoms with Gasteiger partial charge in [0.1, 0.15) is 12.4 Å². The lowest BCUT2D eigenvalue weighted by atomic mass is 10.1. The second kappa shape index (κ2) is 6.87. The maximum Gasteiger partial charge on any atom is 0.410 e. The van der Waals surface area contributed by atoms with Crippen molar-refractivity contribution < 1.29 is 19.1 Å². The molecule has 3 rings (SSSR count). The number of piperazine rings is 1. The molecular formula is C16H21N3O4. The van der Waals surface area contributed by atoms with E-state index in [2.05, 4.69) is 0 Å². The molecule has 0 spiro atoms. The van der Waals surface area contributed by atoms with E-state index in [0.717, 1.165) is 12.2 Å². The molecule has 2 aliphatic rings. The van der Waals surface area contributed by atoms with Gasteiger partial charge >= 0.3 is 6.09 Å². The van der Waals surface area contributed by atoms with Crippen LogP contribution in [-0.4, -0.2) is 67.2 Å². The average Bonchev–Trinajstić information content (AvgIpc) is 2.96. The first-order valence-corrected chi connectivity index (χ1v) is 7.84. The van der Waals surface area contributed by atoms with Crippen molar-refractivity contribution in [3.05, 3.63) is 29.8 Å². The quantitative estimate of drug-likeness (QED) is 0.807. The molecule has 0 bridgehead atoms. The molecule has 2 fully saturated rings. The molecule has 1 unspecified atom stereocenters. The Morgan fingerprint density at radius 2 is 2.09 bits per heavy atom. The first-order chi connectivity index (χ1) is 11.2. The van der Waals surface area contributed by atoms with Crippen LogP contribution in [0.15, 0.2) is 24.3 Å². The van der Waals surface area contributed by atoms with Gasteiger partial charge in [-0.15, -0.1) is 0 Å². The Kier molecular flexibility index (Phi) is 4.66. The largest absolute Gasteiger partial charge is 0.494 e. The maximum atomic E-state index is 12.6. The summed E-state index contributed by atoms with van der Waals surface area (Å²) in [5.41, 5.74) is 6.04. The Morgan fingerprint density at radius 3 is 2.83 bits per heavy atom. The number of rotatable bonds is 5. The molecular weight excluding hydrogens is 298 g/mol. The first kappa shape index (κ1) is 15.6. The molecule has 1 atom stereocenters. The van der Waals surface area contributed by atoms with Crippen LogP contribution in [-0.2, 0) is 4.74 Å². The summed E-state index contributed by atoms with van der Waals surface area (Å²) in [5.74, 6) is 0.701. The highest BCUT2D eigenvalue weighted by Gasteiger charge is 2.38. The highest BCUT2D eigenvalue weighted by Crippen LogP contribution is 2.20. The van der Waals surface area contributed by atoms with Gasteiger partial charge in [0.25, 0.3) is 5.91 Å². The molecule has 23 heavy (non-hydrogen) atoms. The first-order valence-electron chi connectivity index (χ1n) is 7.84. The van der Waals surface area contributed by atoms with E-state index in [1.165, 1.54) is 0 Å². The Labute approximate surface area is 134 Å². The Hall–Kier alpha value is -2.28. The van der Waals surface area contributed by atoms with Gasteiger partial charge in [0.15, 0.2) is 0 Å². The second-order valence-corrected chi connectivity index (χ2v) is 5.69. The number of cyclic esters (lactones) is 1. The highest BCUT2D eigenvalue weighted by atomic mass is 16.6. The van der Waals surface area contributed by atoms with Crippen LogP contribution in [0, 0.1) is 0 Å². The third-order valence-corrected chi connectivity index (χ3v) is 4.12. The summed E-state index contributed by atoms with van der Waals surface area (Å²) < 4.78 is 10.5. The molecule has 1 aromatic carbocycles. The third-order valence-electron chi connectivity index (χ3n) is 4.12. The van der Waals surface area contributed by atoms with Crippen molar-refractivity contribution in [1.82, 2.24) is 9.80 Å². The number of nitrogens with two attached hydrogens (primary N) is 1. The fourth-order valence-corrected chi connectivity index (χ4v) is 2.82. The van der Waals surface area contributed by atoms with E-state index in [4.69, 9.17) is 15.2 Å². The van der Waals surface area contributed by atoms with Crippen LogP contribution in [0.5, 0.6) is 5.75 Å².